The van der Waals surface area contributed by atoms with Crippen molar-refractivity contribution in [3.8, 4) is 11.3 Å². The Balaban J connectivity index is 2.37. The largest absolute Gasteiger partial charge is 0.766 e. The number of nitrogens with zero attached hydrogens (tertiary/aromatic N) is 1. The zero-order chi connectivity index (χ0) is 10.8. The average Bonchev–Trinajstić information content (AvgIpc) is 2.68. The molecule has 1 atom stereocenters. The fraction of sp³-hybridized carbons (Fsp3) is 0.100. The highest BCUT2D eigenvalue weighted by Crippen LogP contribution is 2.17. The van der Waals surface area contributed by atoms with E-state index in [2.05, 4.69) is 9.97 Å². The molecule has 0 saturated carbocycles. The predicted octanol–water partition coefficient (Wildman–Crippen LogP) is 1.62. The first-order valence-electron chi connectivity index (χ1n) is 4.38. The summed E-state index contributed by atoms with van der Waals surface area (Å²) in [6.45, 7) is 1.99. The first kappa shape index (κ1) is 10.1. The Labute approximate surface area is 89.7 Å². The summed E-state index contributed by atoms with van der Waals surface area (Å²) < 4.78 is 21.2. The summed E-state index contributed by atoms with van der Waals surface area (Å²) >= 11 is -2.30. The number of hydrogen-bond acceptors (Lipinski definition) is 3. The van der Waals surface area contributed by atoms with Crippen molar-refractivity contribution in [2.24, 2.45) is 0 Å². The van der Waals surface area contributed by atoms with Gasteiger partial charge >= 0.3 is 0 Å². The number of imidazole rings is 1. The summed E-state index contributed by atoms with van der Waals surface area (Å²) in [6.07, 6.45) is 1.51. The molecule has 1 heterocycles. The number of aromatic amines is 1. The van der Waals surface area contributed by atoms with Crippen molar-refractivity contribution >= 4 is 11.1 Å². The number of nitrogens with one attached hydrogen (secondary N) is 1. The van der Waals surface area contributed by atoms with Crippen LogP contribution in [0.4, 0.5) is 0 Å². The van der Waals surface area contributed by atoms with E-state index in [0.717, 1.165) is 11.1 Å². The third-order valence-electron chi connectivity index (χ3n) is 2.07. The van der Waals surface area contributed by atoms with Gasteiger partial charge in [-0.1, -0.05) is 29.8 Å². The van der Waals surface area contributed by atoms with Gasteiger partial charge in [0.25, 0.3) is 0 Å². The lowest BCUT2D eigenvalue weighted by Gasteiger charge is -2.00. The van der Waals surface area contributed by atoms with Gasteiger partial charge in [-0.3, -0.25) is 4.21 Å². The van der Waals surface area contributed by atoms with E-state index in [1.165, 1.54) is 6.20 Å². The number of H-pyrrole nitrogens is 1. The molecular weight excluding hydrogens is 212 g/mol. The lowest BCUT2D eigenvalue weighted by molar-refractivity contribution is 0.530. The quantitative estimate of drug-likeness (QED) is 0.783. The Morgan fingerprint density at radius 1 is 1.33 bits per heavy atom. The molecule has 1 aromatic heterocycles. The lowest BCUT2D eigenvalue weighted by atomic mass is 10.1. The van der Waals surface area contributed by atoms with E-state index >= 15 is 0 Å². The SMILES string of the molecule is Cc1ccc(-c2cnc(S(=O)[O-])[nH]2)cc1. The smallest absolute Gasteiger partial charge is 0.183 e. The Morgan fingerprint density at radius 2 is 2.00 bits per heavy atom. The molecule has 0 aliphatic rings. The summed E-state index contributed by atoms with van der Waals surface area (Å²) in [5, 5.41) is -0.0365. The van der Waals surface area contributed by atoms with Gasteiger partial charge in [0.05, 0.1) is 11.9 Å². The maximum absolute atomic E-state index is 10.6. The van der Waals surface area contributed by atoms with Crippen molar-refractivity contribution < 1.29 is 8.76 Å². The maximum atomic E-state index is 10.6. The van der Waals surface area contributed by atoms with E-state index in [1.54, 1.807) is 0 Å². The summed E-state index contributed by atoms with van der Waals surface area (Å²) in [7, 11) is 0. The van der Waals surface area contributed by atoms with Crippen molar-refractivity contribution in [2.45, 2.75) is 12.1 Å². The van der Waals surface area contributed by atoms with Gasteiger partial charge in [-0.15, -0.1) is 0 Å². The van der Waals surface area contributed by atoms with Crippen LogP contribution in [0.15, 0.2) is 35.6 Å². The second-order valence-corrected chi connectivity index (χ2v) is 4.06. The van der Waals surface area contributed by atoms with Crippen LogP contribution in [-0.2, 0) is 11.1 Å². The van der Waals surface area contributed by atoms with E-state index in [-0.39, 0.29) is 5.16 Å². The van der Waals surface area contributed by atoms with Crippen molar-refractivity contribution in [1.29, 1.82) is 0 Å². The zero-order valence-corrected chi connectivity index (χ0v) is 8.88. The van der Waals surface area contributed by atoms with Gasteiger partial charge in [0.1, 0.15) is 0 Å². The molecule has 5 heteroatoms. The third-order valence-corrected chi connectivity index (χ3v) is 2.60. The average molecular weight is 221 g/mol. The van der Waals surface area contributed by atoms with Gasteiger partial charge < -0.3 is 9.54 Å². The molecule has 0 aliphatic carbocycles. The standard InChI is InChI=1S/C10H10N2O2S/c1-7-2-4-8(5-3-7)9-6-11-10(12-9)15(13)14/h2-6H,1H3,(H,11,12)(H,13,14)/p-1. The molecule has 1 aromatic carbocycles. The van der Waals surface area contributed by atoms with E-state index < -0.39 is 11.1 Å². The van der Waals surface area contributed by atoms with Crippen molar-refractivity contribution in [3.05, 3.63) is 36.0 Å². The Kier molecular flexibility index (Phi) is 2.66. The normalized spacial score (nSPS) is 12.7. The number of benzene rings is 1. The van der Waals surface area contributed by atoms with E-state index in [0.29, 0.717) is 5.69 Å². The highest BCUT2D eigenvalue weighted by atomic mass is 32.2. The van der Waals surface area contributed by atoms with Crippen molar-refractivity contribution in [3.63, 3.8) is 0 Å². The van der Waals surface area contributed by atoms with Gasteiger partial charge in [-0.05, 0) is 12.5 Å². The number of hydrogen-bond donors (Lipinski definition) is 1. The molecule has 0 amide bonds. The zero-order valence-electron chi connectivity index (χ0n) is 8.06. The molecule has 0 aliphatic heterocycles. The molecule has 0 spiro atoms. The van der Waals surface area contributed by atoms with Crippen LogP contribution in [0.3, 0.4) is 0 Å². The van der Waals surface area contributed by atoms with E-state index in [1.807, 2.05) is 31.2 Å². The molecule has 0 bridgehead atoms. The van der Waals surface area contributed by atoms with Crippen LogP contribution in [0.5, 0.6) is 0 Å². The molecule has 1 unspecified atom stereocenters. The van der Waals surface area contributed by atoms with Gasteiger partial charge in [0.2, 0.25) is 0 Å². The number of aromatic nitrogens is 2. The highest BCUT2D eigenvalue weighted by Gasteiger charge is 2.02. The van der Waals surface area contributed by atoms with Gasteiger partial charge in [0.15, 0.2) is 5.16 Å². The van der Waals surface area contributed by atoms with Gasteiger partial charge in [-0.25, -0.2) is 4.98 Å². The predicted molar refractivity (Wildman–Crippen MR) is 55.9 cm³/mol. The van der Waals surface area contributed by atoms with Crippen LogP contribution in [-0.4, -0.2) is 18.7 Å². The molecule has 2 rings (SSSR count). The minimum atomic E-state index is -2.30. The molecule has 78 valence electrons. The maximum Gasteiger partial charge on any atom is 0.183 e. The summed E-state index contributed by atoms with van der Waals surface area (Å²) in [5.41, 5.74) is 2.78. The molecule has 1 N–H and O–H groups in total. The molecular formula is C10H9N2O2S-. The Hall–Kier alpha value is -1.46. The Bertz CT molecular complexity index is 490. The highest BCUT2D eigenvalue weighted by molar-refractivity contribution is 7.79. The van der Waals surface area contributed by atoms with Crippen LogP contribution in [0, 0.1) is 6.92 Å². The third kappa shape index (κ3) is 2.14. The molecule has 2 aromatic rings. The van der Waals surface area contributed by atoms with Crippen LogP contribution in [0.1, 0.15) is 5.56 Å². The van der Waals surface area contributed by atoms with Crippen LogP contribution in [0.25, 0.3) is 11.3 Å². The van der Waals surface area contributed by atoms with Gasteiger partial charge in [-0.2, -0.15) is 0 Å². The second kappa shape index (κ2) is 3.96. The topological polar surface area (TPSA) is 68.8 Å². The Morgan fingerprint density at radius 3 is 2.53 bits per heavy atom. The molecule has 0 saturated heterocycles. The van der Waals surface area contributed by atoms with Gasteiger partial charge in [0, 0.05) is 11.1 Å². The minimum Gasteiger partial charge on any atom is -0.766 e. The van der Waals surface area contributed by atoms with E-state index in [9.17, 15) is 8.76 Å². The second-order valence-electron chi connectivity index (χ2n) is 3.20. The summed E-state index contributed by atoms with van der Waals surface area (Å²) in [4.78, 5) is 6.47. The van der Waals surface area contributed by atoms with Crippen molar-refractivity contribution in [2.75, 3.05) is 0 Å². The monoisotopic (exact) mass is 221 g/mol. The van der Waals surface area contributed by atoms with E-state index in [4.69, 9.17) is 0 Å². The lowest BCUT2D eigenvalue weighted by Crippen LogP contribution is -1.90. The molecule has 0 fully saturated rings. The van der Waals surface area contributed by atoms with Crippen LogP contribution in [0.2, 0.25) is 0 Å². The van der Waals surface area contributed by atoms with Crippen LogP contribution >= 0.6 is 0 Å². The van der Waals surface area contributed by atoms with Crippen LogP contribution < -0.4 is 0 Å². The fourth-order valence-electron chi connectivity index (χ4n) is 1.27. The minimum absolute atomic E-state index is 0.0365. The molecule has 4 nitrogen and oxygen atoms in total. The van der Waals surface area contributed by atoms with Crippen molar-refractivity contribution in [1.82, 2.24) is 9.97 Å². The molecule has 15 heavy (non-hydrogen) atoms. The summed E-state index contributed by atoms with van der Waals surface area (Å²) in [5.74, 6) is 0. The number of rotatable bonds is 2. The molecule has 0 radical (unpaired) electrons. The number of aryl methyl sites for hydroxylation is 1. The first-order valence-corrected chi connectivity index (χ1v) is 5.45. The fourth-order valence-corrected chi connectivity index (χ4v) is 1.60. The summed E-state index contributed by atoms with van der Waals surface area (Å²) in [6, 6.07) is 7.76. The first-order chi connectivity index (χ1) is 7.16.